The Morgan fingerprint density at radius 1 is 1.17 bits per heavy atom. The molecule has 0 saturated carbocycles. The highest BCUT2D eigenvalue weighted by molar-refractivity contribution is 7.98. The molecule has 0 fully saturated rings. The summed E-state index contributed by atoms with van der Waals surface area (Å²) in [5, 5.41) is 9.60. The number of ketones is 1. The van der Waals surface area contributed by atoms with Gasteiger partial charge in [0.1, 0.15) is 6.04 Å². The molecule has 1 atom stereocenters. The summed E-state index contributed by atoms with van der Waals surface area (Å²) in [6.45, 7) is 2.08. The van der Waals surface area contributed by atoms with E-state index in [4.69, 9.17) is 21.7 Å². The molecule has 7 heteroatoms. The monoisotopic (exact) mass is 436 g/mol. The number of hydrogen-bond acceptors (Lipinski definition) is 5. The standard InChI is InChI=1S/C23H21ClN4OS/c1-14-7-2-4-9-16(14)21-20-18(11-6-12-19(20)29)25-22-26-23(27-28(21)22)30-13-15-8-3-5-10-17(15)24/h2-5,7-10,21H,6,11-13H2,1H3,(H,25,26,27)/t21-/m1/s1. The minimum absolute atomic E-state index is 0.198. The third-order valence-electron chi connectivity index (χ3n) is 5.65. The van der Waals surface area contributed by atoms with Gasteiger partial charge in [0.2, 0.25) is 11.1 Å². The number of benzene rings is 2. The van der Waals surface area contributed by atoms with Gasteiger partial charge in [-0.25, -0.2) is 4.68 Å². The molecule has 152 valence electrons. The topological polar surface area (TPSA) is 59.8 Å². The molecular formula is C23H21ClN4OS. The number of Topliss-reactive ketones (excluding diaryl/α,β-unsaturated/α-hetero) is 1. The first-order valence-corrected chi connectivity index (χ1v) is 11.4. The fourth-order valence-corrected chi connectivity index (χ4v) is 5.25. The first-order valence-electron chi connectivity index (χ1n) is 10.0. The van der Waals surface area contributed by atoms with Crippen molar-refractivity contribution in [3.05, 3.63) is 81.5 Å². The number of carbonyl (C=O) groups is 1. The van der Waals surface area contributed by atoms with Gasteiger partial charge in [0.25, 0.3) is 0 Å². The van der Waals surface area contributed by atoms with Crippen molar-refractivity contribution in [2.45, 2.75) is 43.1 Å². The zero-order valence-corrected chi connectivity index (χ0v) is 18.1. The van der Waals surface area contributed by atoms with Crippen LogP contribution in [0.2, 0.25) is 5.02 Å². The van der Waals surface area contributed by atoms with Gasteiger partial charge in [-0.1, -0.05) is 65.8 Å². The van der Waals surface area contributed by atoms with Crippen molar-refractivity contribution >= 4 is 35.1 Å². The van der Waals surface area contributed by atoms with Gasteiger partial charge in [0, 0.05) is 28.5 Å². The Bertz CT molecular complexity index is 1170. The average molecular weight is 437 g/mol. The molecule has 2 aromatic carbocycles. The summed E-state index contributed by atoms with van der Waals surface area (Å²) in [5.74, 6) is 1.58. The molecule has 30 heavy (non-hydrogen) atoms. The molecule has 0 radical (unpaired) electrons. The molecule has 0 amide bonds. The van der Waals surface area contributed by atoms with Gasteiger partial charge in [-0.3, -0.25) is 4.79 Å². The SMILES string of the molecule is Cc1ccccc1[C@@H]1C2=C(CCCC2=O)Nc2nc(SCc3ccccc3Cl)nn21. The first kappa shape index (κ1) is 19.4. The number of rotatable bonds is 4. The van der Waals surface area contributed by atoms with Crippen molar-refractivity contribution in [3.63, 3.8) is 0 Å². The predicted molar refractivity (Wildman–Crippen MR) is 120 cm³/mol. The maximum absolute atomic E-state index is 12.9. The number of allylic oxidation sites excluding steroid dienone is 2. The Hall–Kier alpha value is -2.57. The lowest BCUT2D eigenvalue weighted by molar-refractivity contribution is -0.116. The van der Waals surface area contributed by atoms with Crippen LogP contribution in [0.25, 0.3) is 0 Å². The number of halogens is 1. The number of nitrogens with zero attached hydrogens (tertiary/aromatic N) is 3. The maximum Gasteiger partial charge on any atom is 0.227 e. The number of thioether (sulfide) groups is 1. The average Bonchev–Trinajstić information content (AvgIpc) is 3.15. The third kappa shape index (κ3) is 3.44. The summed E-state index contributed by atoms with van der Waals surface area (Å²) in [5.41, 5.74) is 5.10. The number of anilines is 1. The summed E-state index contributed by atoms with van der Waals surface area (Å²) in [6, 6.07) is 15.8. The van der Waals surface area contributed by atoms with Crippen LogP contribution in [0.1, 0.15) is 42.0 Å². The molecule has 5 nitrogen and oxygen atoms in total. The minimum atomic E-state index is -0.243. The van der Waals surface area contributed by atoms with E-state index in [0.29, 0.717) is 23.3 Å². The molecule has 0 spiro atoms. The summed E-state index contributed by atoms with van der Waals surface area (Å²) >= 11 is 7.84. The van der Waals surface area contributed by atoms with Gasteiger partial charge in [-0.15, -0.1) is 5.10 Å². The number of hydrogen-bond donors (Lipinski definition) is 1. The van der Waals surface area contributed by atoms with Crippen molar-refractivity contribution in [1.82, 2.24) is 14.8 Å². The van der Waals surface area contributed by atoms with Crippen LogP contribution in [0.3, 0.4) is 0 Å². The highest BCUT2D eigenvalue weighted by atomic mass is 35.5. The Morgan fingerprint density at radius 2 is 1.97 bits per heavy atom. The summed E-state index contributed by atoms with van der Waals surface area (Å²) in [7, 11) is 0. The zero-order chi connectivity index (χ0) is 20.7. The van der Waals surface area contributed by atoms with Crippen molar-refractivity contribution in [2.24, 2.45) is 0 Å². The number of aromatic nitrogens is 3. The van der Waals surface area contributed by atoms with Gasteiger partial charge >= 0.3 is 0 Å². The number of fused-ring (bicyclic) bond motifs is 1. The smallest absolute Gasteiger partial charge is 0.227 e. The van der Waals surface area contributed by atoms with Gasteiger partial charge in [0.05, 0.1) is 0 Å². The predicted octanol–water partition coefficient (Wildman–Crippen LogP) is 5.55. The quantitative estimate of drug-likeness (QED) is 0.543. The van der Waals surface area contributed by atoms with Crippen LogP contribution in [0, 0.1) is 6.92 Å². The second kappa shape index (κ2) is 7.93. The molecule has 3 aromatic rings. The molecule has 5 rings (SSSR count). The van der Waals surface area contributed by atoms with E-state index in [1.807, 2.05) is 41.1 Å². The van der Waals surface area contributed by atoms with E-state index < -0.39 is 0 Å². The van der Waals surface area contributed by atoms with E-state index in [0.717, 1.165) is 45.8 Å². The fraction of sp³-hybridized carbons (Fsp3) is 0.261. The molecule has 0 bridgehead atoms. The third-order valence-corrected chi connectivity index (χ3v) is 6.90. The van der Waals surface area contributed by atoms with Crippen LogP contribution in [-0.2, 0) is 10.5 Å². The molecule has 1 N–H and O–H groups in total. The Morgan fingerprint density at radius 3 is 2.80 bits per heavy atom. The molecule has 2 heterocycles. The Kier molecular flexibility index (Phi) is 5.13. The lowest BCUT2D eigenvalue weighted by atomic mass is 9.84. The molecule has 0 unspecified atom stereocenters. The van der Waals surface area contributed by atoms with E-state index in [1.165, 1.54) is 0 Å². The van der Waals surface area contributed by atoms with Gasteiger partial charge < -0.3 is 5.32 Å². The summed E-state index contributed by atoms with van der Waals surface area (Å²) < 4.78 is 1.87. The molecule has 0 saturated heterocycles. The van der Waals surface area contributed by atoms with Crippen LogP contribution in [0.15, 0.2) is 65.0 Å². The van der Waals surface area contributed by atoms with Crippen LogP contribution in [-0.4, -0.2) is 20.5 Å². The highest BCUT2D eigenvalue weighted by Gasteiger charge is 2.37. The summed E-state index contributed by atoms with van der Waals surface area (Å²) in [4.78, 5) is 17.6. The largest absolute Gasteiger partial charge is 0.328 e. The number of carbonyl (C=O) groups excluding carboxylic acids is 1. The Labute approximate surface area is 184 Å². The number of nitrogens with one attached hydrogen (secondary N) is 1. The summed E-state index contributed by atoms with van der Waals surface area (Å²) in [6.07, 6.45) is 2.31. The van der Waals surface area contributed by atoms with Crippen molar-refractivity contribution < 1.29 is 4.79 Å². The van der Waals surface area contributed by atoms with E-state index >= 15 is 0 Å². The van der Waals surface area contributed by atoms with Gasteiger partial charge in [0.15, 0.2) is 5.78 Å². The maximum atomic E-state index is 12.9. The first-order chi connectivity index (χ1) is 14.6. The van der Waals surface area contributed by atoms with Crippen LogP contribution in [0.5, 0.6) is 0 Å². The van der Waals surface area contributed by atoms with Crippen molar-refractivity contribution in [1.29, 1.82) is 0 Å². The molecule has 1 aliphatic carbocycles. The second-order valence-electron chi connectivity index (χ2n) is 7.60. The second-order valence-corrected chi connectivity index (χ2v) is 8.95. The molecule has 2 aliphatic rings. The fourth-order valence-electron chi connectivity index (χ4n) is 4.14. The van der Waals surface area contributed by atoms with E-state index in [9.17, 15) is 4.79 Å². The van der Waals surface area contributed by atoms with E-state index in [2.05, 4.69) is 24.4 Å². The van der Waals surface area contributed by atoms with E-state index in [1.54, 1.807) is 11.8 Å². The van der Waals surface area contributed by atoms with Gasteiger partial charge in [-0.2, -0.15) is 4.98 Å². The normalized spacial score (nSPS) is 18.1. The lowest BCUT2D eigenvalue weighted by Gasteiger charge is -2.32. The molecule has 1 aromatic heterocycles. The molecular weight excluding hydrogens is 416 g/mol. The van der Waals surface area contributed by atoms with Gasteiger partial charge in [-0.05, 0) is 42.5 Å². The Balaban J connectivity index is 1.53. The van der Waals surface area contributed by atoms with Crippen molar-refractivity contribution in [2.75, 3.05) is 5.32 Å². The number of aryl methyl sites for hydroxylation is 1. The minimum Gasteiger partial charge on any atom is -0.328 e. The van der Waals surface area contributed by atoms with Crippen molar-refractivity contribution in [3.8, 4) is 0 Å². The van der Waals surface area contributed by atoms with Crippen LogP contribution in [0.4, 0.5) is 5.95 Å². The van der Waals surface area contributed by atoms with Crippen LogP contribution >= 0.6 is 23.4 Å². The lowest BCUT2D eigenvalue weighted by Crippen LogP contribution is -2.31. The zero-order valence-electron chi connectivity index (χ0n) is 16.6. The van der Waals surface area contributed by atoms with E-state index in [-0.39, 0.29) is 11.8 Å². The molecule has 1 aliphatic heterocycles. The highest BCUT2D eigenvalue weighted by Crippen LogP contribution is 2.41. The van der Waals surface area contributed by atoms with Crippen LogP contribution < -0.4 is 5.32 Å².